The Balaban J connectivity index is 2.11. The van der Waals surface area contributed by atoms with E-state index < -0.39 is 49.5 Å². The molecule has 1 heterocycles. The van der Waals surface area contributed by atoms with E-state index in [-0.39, 0.29) is 12.5 Å². The molecular formula is C66H131NO8. The monoisotopic (exact) mass is 1070 g/mol. The van der Waals surface area contributed by atoms with Crippen LogP contribution in [0.2, 0.25) is 0 Å². The zero-order chi connectivity index (χ0) is 54.3. The number of amides is 1. The summed E-state index contributed by atoms with van der Waals surface area (Å²) < 4.78 is 11.4. The maximum Gasteiger partial charge on any atom is 0.220 e. The van der Waals surface area contributed by atoms with Gasteiger partial charge in [0.1, 0.15) is 24.4 Å². The van der Waals surface area contributed by atoms with E-state index in [0.717, 1.165) is 38.5 Å². The van der Waals surface area contributed by atoms with Crippen molar-refractivity contribution in [3.63, 3.8) is 0 Å². The summed E-state index contributed by atoms with van der Waals surface area (Å²) in [6.07, 6.45) is 63.1. The van der Waals surface area contributed by atoms with Crippen LogP contribution in [0.5, 0.6) is 0 Å². The largest absolute Gasteiger partial charge is 0.394 e. The predicted molar refractivity (Wildman–Crippen MR) is 318 cm³/mol. The fourth-order valence-electron chi connectivity index (χ4n) is 11.4. The molecule has 9 heteroatoms. The standard InChI is InChI=1S/C66H131NO8/c1-3-5-7-9-11-13-15-17-19-21-23-25-27-29-30-31-32-34-36-38-40-42-44-46-48-50-52-54-56-62(70)67-59(58-74-66-65(73)64(72)63(71)61(57-68)75-66)60(69)55-53-51-49-47-45-43-41-39-37-35-33-28-26-24-22-20-18-16-14-12-10-8-6-4-2/h59-61,63-66,68-69,71-73H,3-58H2,1-2H3,(H,67,70). The van der Waals surface area contributed by atoms with Crippen molar-refractivity contribution in [2.24, 2.45) is 0 Å². The van der Waals surface area contributed by atoms with Gasteiger partial charge >= 0.3 is 0 Å². The molecule has 1 rings (SSSR count). The highest BCUT2D eigenvalue weighted by Gasteiger charge is 2.44. The molecule has 1 saturated heterocycles. The van der Waals surface area contributed by atoms with Gasteiger partial charge in [0.15, 0.2) is 6.29 Å². The van der Waals surface area contributed by atoms with Gasteiger partial charge in [-0.15, -0.1) is 0 Å². The first kappa shape index (κ1) is 72.2. The number of carbonyl (C=O) groups is 1. The molecule has 7 unspecified atom stereocenters. The minimum absolute atomic E-state index is 0.130. The number of rotatable bonds is 60. The second kappa shape index (κ2) is 56.5. The first-order valence-electron chi connectivity index (χ1n) is 33.7. The highest BCUT2D eigenvalue weighted by atomic mass is 16.7. The van der Waals surface area contributed by atoms with E-state index in [1.165, 1.54) is 295 Å². The summed E-state index contributed by atoms with van der Waals surface area (Å²) in [6.45, 7) is 3.91. The van der Waals surface area contributed by atoms with E-state index in [1.54, 1.807) is 0 Å². The number of carbonyl (C=O) groups excluding carboxylic acids is 1. The Bertz CT molecular complexity index is 1140. The van der Waals surface area contributed by atoms with E-state index in [4.69, 9.17) is 9.47 Å². The van der Waals surface area contributed by atoms with Crippen LogP contribution in [0.1, 0.15) is 361 Å². The van der Waals surface area contributed by atoms with Gasteiger partial charge in [-0.05, 0) is 12.8 Å². The molecule has 0 aromatic carbocycles. The number of hydrogen-bond acceptors (Lipinski definition) is 8. The van der Waals surface area contributed by atoms with E-state index >= 15 is 0 Å². The lowest BCUT2D eigenvalue weighted by Gasteiger charge is -2.40. The zero-order valence-corrected chi connectivity index (χ0v) is 50.1. The van der Waals surface area contributed by atoms with Crippen molar-refractivity contribution in [2.75, 3.05) is 13.2 Å². The van der Waals surface area contributed by atoms with Gasteiger partial charge in [-0.1, -0.05) is 341 Å². The van der Waals surface area contributed by atoms with E-state index in [1.807, 2.05) is 0 Å². The zero-order valence-electron chi connectivity index (χ0n) is 50.1. The van der Waals surface area contributed by atoms with Crippen molar-refractivity contribution in [3.8, 4) is 0 Å². The van der Waals surface area contributed by atoms with Crippen molar-refractivity contribution >= 4 is 5.91 Å². The fraction of sp³-hybridized carbons (Fsp3) is 0.985. The predicted octanol–water partition coefficient (Wildman–Crippen LogP) is 17.8. The lowest BCUT2D eigenvalue weighted by molar-refractivity contribution is -0.302. The van der Waals surface area contributed by atoms with Crippen LogP contribution < -0.4 is 5.32 Å². The van der Waals surface area contributed by atoms with Crippen LogP contribution in [0.15, 0.2) is 0 Å². The molecule has 0 radical (unpaired) electrons. The third-order valence-electron chi connectivity index (χ3n) is 16.7. The highest BCUT2D eigenvalue weighted by molar-refractivity contribution is 5.76. The molecule has 7 atom stereocenters. The van der Waals surface area contributed by atoms with Gasteiger partial charge in [-0.25, -0.2) is 0 Å². The molecule has 0 aromatic heterocycles. The molecule has 75 heavy (non-hydrogen) atoms. The first-order chi connectivity index (χ1) is 36.8. The number of hydrogen-bond donors (Lipinski definition) is 6. The summed E-state index contributed by atoms with van der Waals surface area (Å²) in [5.41, 5.74) is 0. The molecular weight excluding hydrogens is 935 g/mol. The van der Waals surface area contributed by atoms with Gasteiger partial charge < -0.3 is 40.3 Å². The normalized spacial score (nSPS) is 18.7. The van der Waals surface area contributed by atoms with E-state index in [0.29, 0.717) is 12.8 Å². The average molecular weight is 1070 g/mol. The molecule has 1 aliphatic heterocycles. The Kier molecular flexibility index (Phi) is 54.4. The molecule has 1 aliphatic rings. The third kappa shape index (κ3) is 45.6. The molecule has 1 amide bonds. The van der Waals surface area contributed by atoms with Crippen molar-refractivity contribution < 1.29 is 39.8 Å². The van der Waals surface area contributed by atoms with E-state index in [9.17, 15) is 30.3 Å². The lowest BCUT2D eigenvalue weighted by atomic mass is 9.99. The van der Waals surface area contributed by atoms with Crippen LogP contribution in [0.3, 0.4) is 0 Å². The van der Waals surface area contributed by atoms with Crippen LogP contribution in [-0.4, -0.2) is 87.5 Å². The number of aliphatic hydroxyl groups excluding tert-OH is 5. The summed E-state index contributed by atoms with van der Waals surface area (Å²) in [5, 5.41) is 54.9. The number of aliphatic hydroxyl groups is 5. The third-order valence-corrected chi connectivity index (χ3v) is 16.7. The van der Waals surface area contributed by atoms with Crippen molar-refractivity contribution in [2.45, 2.75) is 403 Å². The molecule has 0 bridgehead atoms. The molecule has 0 aromatic rings. The van der Waals surface area contributed by atoms with Crippen molar-refractivity contribution in [3.05, 3.63) is 0 Å². The molecule has 9 nitrogen and oxygen atoms in total. The summed E-state index contributed by atoms with van der Waals surface area (Å²) in [7, 11) is 0. The maximum atomic E-state index is 13.1. The number of ether oxygens (including phenoxy) is 2. The number of unbranched alkanes of at least 4 members (excludes halogenated alkanes) is 50. The molecule has 0 saturated carbocycles. The van der Waals surface area contributed by atoms with E-state index in [2.05, 4.69) is 19.2 Å². The Morgan fingerprint density at radius 1 is 0.400 bits per heavy atom. The quantitative estimate of drug-likeness (QED) is 0.0330. The van der Waals surface area contributed by atoms with Crippen LogP contribution >= 0.6 is 0 Å². The van der Waals surface area contributed by atoms with Gasteiger partial charge in [0.2, 0.25) is 5.91 Å². The van der Waals surface area contributed by atoms with Crippen LogP contribution in [0.25, 0.3) is 0 Å². The fourth-order valence-corrected chi connectivity index (χ4v) is 11.4. The topological polar surface area (TPSA) is 149 Å². The molecule has 0 spiro atoms. The smallest absolute Gasteiger partial charge is 0.220 e. The Morgan fingerprint density at radius 2 is 0.667 bits per heavy atom. The van der Waals surface area contributed by atoms with Gasteiger partial charge in [-0.2, -0.15) is 0 Å². The van der Waals surface area contributed by atoms with Crippen LogP contribution in [0.4, 0.5) is 0 Å². The van der Waals surface area contributed by atoms with Gasteiger partial charge in [0.25, 0.3) is 0 Å². The number of nitrogens with one attached hydrogen (secondary N) is 1. The summed E-state index contributed by atoms with van der Waals surface area (Å²) in [5.74, 6) is -0.133. The minimum atomic E-state index is -1.55. The van der Waals surface area contributed by atoms with Crippen LogP contribution in [-0.2, 0) is 14.3 Å². The van der Waals surface area contributed by atoms with Gasteiger partial charge in [0.05, 0.1) is 25.4 Å². The first-order valence-corrected chi connectivity index (χ1v) is 33.7. The van der Waals surface area contributed by atoms with Gasteiger partial charge in [-0.3, -0.25) is 4.79 Å². The molecule has 0 aliphatic carbocycles. The molecule has 1 fully saturated rings. The highest BCUT2D eigenvalue weighted by Crippen LogP contribution is 2.24. The van der Waals surface area contributed by atoms with Crippen molar-refractivity contribution in [1.29, 1.82) is 0 Å². The summed E-state index contributed by atoms with van der Waals surface area (Å²) in [6, 6.07) is -0.715. The minimum Gasteiger partial charge on any atom is -0.394 e. The second-order valence-corrected chi connectivity index (χ2v) is 24.0. The Hall–Kier alpha value is -0.810. The SMILES string of the molecule is CCCCCCCCCCCCCCCCCCCCCCCCCCCCCCC(=O)NC(COC1OC(CO)C(O)C(O)C1O)C(O)CCCCCCCCCCCCCCCCCCCCCCCCCC. The second-order valence-electron chi connectivity index (χ2n) is 24.0. The Labute approximate surface area is 465 Å². The lowest BCUT2D eigenvalue weighted by Crippen LogP contribution is -2.60. The Morgan fingerprint density at radius 3 is 0.947 bits per heavy atom. The summed E-state index contributed by atoms with van der Waals surface area (Å²) in [4.78, 5) is 13.1. The maximum absolute atomic E-state index is 13.1. The molecule has 6 N–H and O–H groups in total. The van der Waals surface area contributed by atoms with Crippen LogP contribution in [0, 0.1) is 0 Å². The van der Waals surface area contributed by atoms with Crippen molar-refractivity contribution in [1.82, 2.24) is 5.32 Å². The summed E-state index contributed by atoms with van der Waals surface area (Å²) >= 11 is 0. The average Bonchev–Trinajstić information content (AvgIpc) is 3.41. The molecule has 448 valence electrons. The van der Waals surface area contributed by atoms with Gasteiger partial charge in [0, 0.05) is 6.42 Å².